The molecular formula is C14H21N5O2S. The number of carbonyl (C=O) groups excluding carboxylic acids is 1. The first-order valence-corrected chi connectivity index (χ1v) is 7.94. The number of hydrogen-bond acceptors (Lipinski definition) is 6. The van der Waals surface area contributed by atoms with Crippen molar-refractivity contribution in [2.45, 2.75) is 40.7 Å². The maximum absolute atomic E-state index is 12.3. The van der Waals surface area contributed by atoms with Crippen LogP contribution in [0.1, 0.15) is 36.3 Å². The summed E-state index contributed by atoms with van der Waals surface area (Å²) in [7, 11) is 1.69. The largest absolute Gasteiger partial charge is 0.340 e. The minimum absolute atomic E-state index is 0.212. The molecule has 0 radical (unpaired) electrons. The van der Waals surface area contributed by atoms with Crippen LogP contribution in [0.3, 0.4) is 0 Å². The van der Waals surface area contributed by atoms with Gasteiger partial charge in [-0.1, -0.05) is 19.0 Å². The maximum atomic E-state index is 12.3. The molecule has 0 spiro atoms. The Bertz CT molecular complexity index is 649. The lowest BCUT2D eigenvalue weighted by molar-refractivity contribution is 0.219. The number of amides is 2. The zero-order valence-electron chi connectivity index (χ0n) is 13.5. The zero-order chi connectivity index (χ0) is 16.3. The Morgan fingerprint density at radius 3 is 2.68 bits per heavy atom. The lowest BCUT2D eigenvalue weighted by Crippen LogP contribution is -2.31. The van der Waals surface area contributed by atoms with E-state index >= 15 is 0 Å². The molecule has 0 aliphatic rings. The van der Waals surface area contributed by atoms with Gasteiger partial charge >= 0.3 is 6.03 Å². The van der Waals surface area contributed by atoms with Crippen LogP contribution < -0.4 is 5.32 Å². The molecule has 0 bridgehead atoms. The highest BCUT2D eigenvalue weighted by molar-refractivity contribution is 7.16. The Morgan fingerprint density at radius 1 is 1.36 bits per heavy atom. The van der Waals surface area contributed by atoms with E-state index in [1.165, 1.54) is 16.2 Å². The fourth-order valence-corrected chi connectivity index (χ4v) is 2.81. The number of nitrogens with zero attached hydrogens (tertiary/aromatic N) is 4. The Labute approximate surface area is 133 Å². The second-order valence-corrected chi connectivity index (χ2v) is 6.83. The minimum atomic E-state index is -0.212. The molecule has 0 atom stereocenters. The number of anilines is 1. The van der Waals surface area contributed by atoms with Gasteiger partial charge in [0.15, 0.2) is 5.82 Å². The fraction of sp³-hybridized carbons (Fsp3) is 0.571. The molecule has 0 aromatic carbocycles. The maximum Gasteiger partial charge on any atom is 0.322 e. The van der Waals surface area contributed by atoms with E-state index in [0.29, 0.717) is 24.2 Å². The molecule has 2 rings (SSSR count). The van der Waals surface area contributed by atoms with Crippen LogP contribution in [0.5, 0.6) is 0 Å². The summed E-state index contributed by atoms with van der Waals surface area (Å²) in [5.41, 5.74) is 0.939. The van der Waals surface area contributed by atoms with E-state index < -0.39 is 0 Å². The van der Waals surface area contributed by atoms with Crippen LogP contribution in [0.15, 0.2) is 4.52 Å². The third kappa shape index (κ3) is 4.27. The van der Waals surface area contributed by atoms with E-state index in [2.05, 4.69) is 34.3 Å². The number of nitrogens with one attached hydrogen (secondary N) is 1. The lowest BCUT2D eigenvalue weighted by Gasteiger charge is -2.16. The molecule has 7 nitrogen and oxygen atoms in total. The first-order valence-electron chi connectivity index (χ1n) is 7.12. The molecule has 120 valence electrons. The molecule has 22 heavy (non-hydrogen) atoms. The summed E-state index contributed by atoms with van der Waals surface area (Å²) in [5.74, 6) is 1.45. The van der Waals surface area contributed by atoms with Crippen LogP contribution in [0.25, 0.3) is 0 Å². The van der Waals surface area contributed by atoms with Gasteiger partial charge in [0.2, 0.25) is 5.89 Å². The smallest absolute Gasteiger partial charge is 0.322 e. The van der Waals surface area contributed by atoms with Crippen LogP contribution in [0.4, 0.5) is 9.80 Å². The van der Waals surface area contributed by atoms with Gasteiger partial charge < -0.3 is 9.42 Å². The molecule has 2 aromatic rings. The van der Waals surface area contributed by atoms with Crippen LogP contribution in [0.2, 0.25) is 0 Å². The number of rotatable bonds is 5. The molecule has 0 saturated heterocycles. The third-order valence-electron chi connectivity index (χ3n) is 2.92. The van der Waals surface area contributed by atoms with Crippen molar-refractivity contribution < 1.29 is 9.32 Å². The van der Waals surface area contributed by atoms with Gasteiger partial charge in [-0.2, -0.15) is 4.98 Å². The summed E-state index contributed by atoms with van der Waals surface area (Å²) in [6.07, 6.45) is 0.841. The van der Waals surface area contributed by atoms with Gasteiger partial charge in [0, 0.05) is 14.0 Å². The first kappa shape index (κ1) is 16.4. The molecule has 2 heterocycles. The average molecular weight is 323 g/mol. The monoisotopic (exact) mass is 323 g/mol. The second-order valence-electron chi connectivity index (χ2n) is 5.62. The Morgan fingerprint density at radius 2 is 2.09 bits per heavy atom. The highest BCUT2D eigenvalue weighted by Gasteiger charge is 2.17. The minimum Gasteiger partial charge on any atom is -0.340 e. The normalized spacial score (nSPS) is 11.0. The van der Waals surface area contributed by atoms with Crippen molar-refractivity contribution in [2.75, 3.05) is 12.4 Å². The molecular weight excluding hydrogens is 302 g/mol. The fourth-order valence-electron chi connectivity index (χ4n) is 1.97. The van der Waals surface area contributed by atoms with E-state index in [0.717, 1.165) is 22.1 Å². The number of carbonyl (C=O) groups is 1. The molecule has 2 amide bonds. The molecule has 2 aromatic heterocycles. The van der Waals surface area contributed by atoms with Crippen molar-refractivity contribution in [3.63, 3.8) is 0 Å². The highest BCUT2D eigenvalue weighted by Crippen LogP contribution is 2.26. The van der Waals surface area contributed by atoms with Crippen LogP contribution in [-0.4, -0.2) is 33.1 Å². The molecule has 8 heteroatoms. The number of thiazole rings is 1. The van der Waals surface area contributed by atoms with Crippen molar-refractivity contribution in [1.29, 1.82) is 0 Å². The summed E-state index contributed by atoms with van der Waals surface area (Å²) in [4.78, 5) is 22.4. The van der Waals surface area contributed by atoms with E-state index in [9.17, 15) is 4.79 Å². The number of hydrogen-bond donors (Lipinski definition) is 1. The van der Waals surface area contributed by atoms with Gasteiger partial charge in [0.05, 0.1) is 17.2 Å². The summed E-state index contributed by atoms with van der Waals surface area (Å²) < 4.78 is 4.90. The Balaban J connectivity index is 2.01. The van der Waals surface area contributed by atoms with Crippen LogP contribution >= 0.6 is 11.3 Å². The standard InChI is InChI=1S/C14H21N5O2S/c1-8(2)6-11-13(22-10(4)16-11)17-14(20)19(5)7-12-15-9(3)21-18-12/h8H,6-7H2,1-5H3,(H,17,20). The zero-order valence-corrected chi connectivity index (χ0v) is 14.3. The molecule has 0 aliphatic carbocycles. The molecule has 0 fully saturated rings. The first-order chi connectivity index (χ1) is 10.3. The van der Waals surface area contributed by atoms with Gasteiger partial charge in [-0.05, 0) is 19.3 Å². The summed E-state index contributed by atoms with van der Waals surface area (Å²) in [6, 6.07) is -0.212. The van der Waals surface area contributed by atoms with Gasteiger partial charge in [-0.15, -0.1) is 11.3 Å². The number of aryl methyl sites for hydroxylation is 2. The molecule has 0 saturated carbocycles. The second kappa shape index (κ2) is 6.87. The molecule has 0 aliphatic heterocycles. The van der Waals surface area contributed by atoms with Gasteiger partial charge in [-0.25, -0.2) is 9.78 Å². The van der Waals surface area contributed by atoms with Crippen molar-refractivity contribution in [3.8, 4) is 0 Å². The van der Waals surface area contributed by atoms with E-state index in [-0.39, 0.29) is 6.03 Å². The summed E-state index contributed by atoms with van der Waals surface area (Å²) in [6.45, 7) is 8.21. The predicted octanol–water partition coefficient (Wildman–Crippen LogP) is 3.01. The van der Waals surface area contributed by atoms with E-state index in [1.54, 1.807) is 14.0 Å². The topological polar surface area (TPSA) is 84.2 Å². The van der Waals surface area contributed by atoms with E-state index in [4.69, 9.17) is 4.52 Å². The Hall–Kier alpha value is -1.96. The third-order valence-corrected chi connectivity index (χ3v) is 3.85. The lowest BCUT2D eigenvalue weighted by atomic mass is 10.1. The van der Waals surface area contributed by atoms with Gasteiger partial charge in [0.1, 0.15) is 5.00 Å². The quantitative estimate of drug-likeness (QED) is 0.914. The van der Waals surface area contributed by atoms with Crippen LogP contribution in [-0.2, 0) is 13.0 Å². The summed E-state index contributed by atoms with van der Waals surface area (Å²) in [5, 5.41) is 8.47. The number of aromatic nitrogens is 3. The average Bonchev–Trinajstić information content (AvgIpc) is 2.95. The molecule has 1 N–H and O–H groups in total. The van der Waals surface area contributed by atoms with Crippen molar-refractivity contribution in [1.82, 2.24) is 20.0 Å². The van der Waals surface area contributed by atoms with E-state index in [1.807, 2.05) is 6.92 Å². The van der Waals surface area contributed by atoms with Gasteiger partial charge in [-0.3, -0.25) is 5.32 Å². The SMILES string of the molecule is Cc1nc(CN(C)C(=O)Nc2sc(C)nc2CC(C)C)no1. The van der Waals surface area contributed by atoms with Crippen molar-refractivity contribution >= 4 is 22.4 Å². The predicted molar refractivity (Wildman–Crippen MR) is 84.9 cm³/mol. The highest BCUT2D eigenvalue weighted by atomic mass is 32.1. The summed E-state index contributed by atoms with van der Waals surface area (Å²) >= 11 is 1.49. The number of urea groups is 1. The van der Waals surface area contributed by atoms with Crippen LogP contribution in [0, 0.1) is 19.8 Å². The molecule has 0 unspecified atom stereocenters. The van der Waals surface area contributed by atoms with Crippen molar-refractivity contribution in [2.24, 2.45) is 5.92 Å². The van der Waals surface area contributed by atoms with Gasteiger partial charge in [0.25, 0.3) is 0 Å². The Kier molecular flexibility index (Phi) is 5.12. The van der Waals surface area contributed by atoms with Crippen molar-refractivity contribution in [3.05, 3.63) is 22.4 Å².